The maximum absolute atomic E-state index is 12.1. The first-order valence-electron chi connectivity index (χ1n) is 6.21. The topological polar surface area (TPSA) is 71.5 Å². The van der Waals surface area contributed by atoms with E-state index in [1.807, 2.05) is 24.3 Å². The van der Waals surface area contributed by atoms with Crippen molar-refractivity contribution >= 4 is 32.6 Å². The van der Waals surface area contributed by atoms with Gasteiger partial charge in [0.25, 0.3) is 5.91 Å². The van der Waals surface area contributed by atoms with Crippen LogP contribution >= 0.6 is 11.3 Å². The molecule has 0 spiro atoms. The van der Waals surface area contributed by atoms with E-state index in [9.17, 15) is 9.90 Å². The Morgan fingerprint density at radius 3 is 2.81 bits per heavy atom. The number of nitrogens with zero attached hydrogens (tertiary/aromatic N) is 1. The van der Waals surface area contributed by atoms with E-state index in [1.165, 1.54) is 24.5 Å². The molecule has 21 heavy (non-hydrogen) atoms. The van der Waals surface area contributed by atoms with E-state index in [1.54, 1.807) is 12.1 Å². The number of phenolic OH excluding ortho intramolecular Hbond substituents is 1. The highest BCUT2D eigenvalue weighted by molar-refractivity contribution is 7.22. The predicted molar refractivity (Wildman–Crippen MR) is 82.2 cm³/mol. The van der Waals surface area contributed by atoms with E-state index in [4.69, 9.17) is 4.74 Å². The molecule has 1 heterocycles. The number of thiazole rings is 1. The number of aromatic nitrogens is 1. The van der Waals surface area contributed by atoms with Crippen molar-refractivity contribution in [2.24, 2.45) is 0 Å². The van der Waals surface area contributed by atoms with E-state index < -0.39 is 0 Å². The number of para-hydroxylation sites is 1. The second kappa shape index (κ2) is 5.41. The Morgan fingerprint density at radius 2 is 2.10 bits per heavy atom. The highest BCUT2D eigenvalue weighted by Gasteiger charge is 2.12. The van der Waals surface area contributed by atoms with Crippen molar-refractivity contribution in [3.05, 3.63) is 48.0 Å². The summed E-state index contributed by atoms with van der Waals surface area (Å²) in [6.45, 7) is 0. The fourth-order valence-electron chi connectivity index (χ4n) is 1.93. The molecule has 0 aliphatic heterocycles. The molecule has 0 saturated carbocycles. The van der Waals surface area contributed by atoms with Crippen LogP contribution in [-0.2, 0) is 0 Å². The lowest BCUT2D eigenvalue weighted by Crippen LogP contribution is -2.11. The molecule has 0 atom stereocenters. The summed E-state index contributed by atoms with van der Waals surface area (Å²) in [6, 6.07) is 12.1. The fourth-order valence-corrected chi connectivity index (χ4v) is 2.79. The summed E-state index contributed by atoms with van der Waals surface area (Å²) in [5.41, 5.74) is 1.18. The molecule has 3 aromatic rings. The molecule has 6 heteroatoms. The normalized spacial score (nSPS) is 10.5. The second-order valence-corrected chi connectivity index (χ2v) is 5.36. The molecule has 5 nitrogen and oxygen atoms in total. The SMILES string of the molecule is COc1ccc(C(=O)Nc2nc3ccccc3s2)cc1O. The van der Waals surface area contributed by atoms with Gasteiger partial charge in [-0.2, -0.15) is 0 Å². The molecule has 1 aromatic heterocycles. The maximum Gasteiger partial charge on any atom is 0.257 e. The number of hydrogen-bond acceptors (Lipinski definition) is 5. The Bertz CT molecular complexity index is 781. The van der Waals surface area contributed by atoms with Gasteiger partial charge in [-0.05, 0) is 30.3 Å². The number of phenols is 1. The average Bonchev–Trinajstić information content (AvgIpc) is 2.89. The summed E-state index contributed by atoms with van der Waals surface area (Å²) in [4.78, 5) is 16.5. The van der Waals surface area contributed by atoms with Crippen LogP contribution < -0.4 is 10.1 Å². The van der Waals surface area contributed by atoms with Crippen molar-refractivity contribution in [3.63, 3.8) is 0 Å². The van der Waals surface area contributed by atoms with Gasteiger partial charge in [0.1, 0.15) is 0 Å². The Labute approximate surface area is 124 Å². The lowest BCUT2D eigenvalue weighted by molar-refractivity contribution is 0.102. The van der Waals surface area contributed by atoms with Crippen LogP contribution in [0.5, 0.6) is 11.5 Å². The Hall–Kier alpha value is -2.60. The molecular formula is C15H12N2O3S. The zero-order valence-corrected chi connectivity index (χ0v) is 12.0. The number of amides is 1. The minimum absolute atomic E-state index is 0.0746. The van der Waals surface area contributed by atoms with Crippen LogP contribution in [0.1, 0.15) is 10.4 Å². The largest absolute Gasteiger partial charge is 0.504 e. The Kier molecular flexibility index (Phi) is 3.45. The van der Waals surface area contributed by atoms with Crippen molar-refractivity contribution in [2.45, 2.75) is 0 Å². The number of rotatable bonds is 3. The monoisotopic (exact) mass is 300 g/mol. The Morgan fingerprint density at radius 1 is 1.29 bits per heavy atom. The number of hydrogen-bond donors (Lipinski definition) is 2. The number of carbonyl (C=O) groups is 1. The fraction of sp³-hybridized carbons (Fsp3) is 0.0667. The van der Waals surface area contributed by atoms with Crippen LogP contribution in [0.2, 0.25) is 0 Å². The van der Waals surface area contributed by atoms with Crippen LogP contribution in [0.3, 0.4) is 0 Å². The van der Waals surface area contributed by atoms with Gasteiger partial charge < -0.3 is 9.84 Å². The molecule has 0 aliphatic carbocycles. The van der Waals surface area contributed by atoms with E-state index >= 15 is 0 Å². The number of nitrogens with one attached hydrogen (secondary N) is 1. The van der Waals surface area contributed by atoms with Gasteiger partial charge in [-0.1, -0.05) is 23.5 Å². The van der Waals surface area contributed by atoms with Gasteiger partial charge in [0.15, 0.2) is 16.6 Å². The molecule has 0 unspecified atom stereocenters. The number of methoxy groups -OCH3 is 1. The first-order valence-corrected chi connectivity index (χ1v) is 7.03. The average molecular weight is 300 g/mol. The van der Waals surface area contributed by atoms with Crippen molar-refractivity contribution in [1.82, 2.24) is 4.98 Å². The van der Waals surface area contributed by atoms with E-state index in [0.717, 1.165) is 10.2 Å². The third-order valence-electron chi connectivity index (χ3n) is 2.96. The van der Waals surface area contributed by atoms with Crippen molar-refractivity contribution in [3.8, 4) is 11.5 Å². The summed E-state index contributed by atoms with van der Waals surface area (Å²) in [5.74, 6) is -0.0759. The predicted octanol–water partition coefficient (Wildman–Crippen LogP) is 3.26. The van der Waals surface area contributed by atoms with Gasteiger partial charge in [0, 0.05) is 5.56 Å². The van der Waals surface area contributed by atoms with Crippen LogP contribution in [0.4, 0.5) is 5.13 Å². The number of aromatic hydroxyl groups is 1. The smallest absolute Gasteiger partial charge is 0.257 e. The minimum Gasteiger partial charge on any atom is -0.504 e. The molecule has 2 aromatic carbocycles. The van der Waals surface area contributed by atoms with Crippen LogP contribution in [0.15, 0.2) is 42.5 Å². The lowest BCUT2D eigenvalue weighted by Gasteiger charge is -2.05. The standard InChI is InChI=1S/C15H12N2O3S/c1-20-12-7-6-9(8-11(12)18)14(19)17-15-16-10-4-2-3-5-13(10)21-15/h2-8,18H,1H3,(H,16,17,19). The molecule has 0 bridgehead atoms. The molecular weight excluding hydrogens is 288 g/mol. The first kappa shape index (κ1) is 13.4. The van der Waals surface area contributed by atoms with E-state index in [0.29, 0.717) is 16.4 Å². The first-order chi connectivity index (χ1) is 10.2. The van der Waals surface area contributed by atoms with Crippen molar-refractivity contribution < 1.29 is 14.6 Å². The van der Waals surface area contributed by atoms with Gasteiger partial charge >= 0.3 is 0 Å². The summed E-state index contributed by atoms with van der Waals surface area (Å²) in [5, 5.41) is 13.0. The number of ether oxygens (including phenoxy) is 1. The Balaban J connectivity index is 1.84. The van der Waals surface area contributed by atoms with Crippen molar-refractivity contribution in [1.29, 1.82) is 0 Å². The number of benzene rings is 2. The highest BCUT2D eigenvalue weighted by Crippen LogP contribution is 2.28. The lowest BCUT2D eigenvalue weighted by atomic mass is 10.2. The maximum atomic E-state index is 12.1. The van der Waals surface area contributed by atoms with E-state index in [2.05, 4.69) is 10.3 Å². The number of fused-ring (bicyclic) bond motifs is 1. The molecule has 0 aliphatic rings. The summed E-state index contributed by atoms with van der Waals surface area (Å²) in [6.07, 6.45) is 0. The molecule has 1 amide bonds. The van der Waals surface area contributed by atoms with Gasteiger partial charge in [-0.3, -0.25) is 10.1 Å². The highest BCUT2D eigenvalue weighted by atomic mass is 32.1. The van der Waals surface area contributed by atoms with Gasteiger partial charge in [0.05, 0.1) is 17.3 Å². The quantitative estimate of drug-likeness (QED) is 0.779. The minimum atomic E-state index is -0.327. The third kappa shape index (κ3) is 2.66. The van der Waals surface area contributed by atoms with Gasteiger partial charge in [-0.25, -0.2) is 4.98 Å². The third-order valence-corrected chi connectivity index (χ3v) is 3.91. The summed E-state index contributed by atoms with van der Waals surface area (Å²) in [7, 11) is 1.45. The second-order valence-electron chi connectivity index (χ2n) is 4.33. The number of anilines is 1. The molecule has 0 fully saturated rings. The van der Waals surface area contributed by atoms with Crippen LogP contribution in [-0.4, -0.2) is 23.1 Å². The van der Waals surface area contributed by atoms with Crippen LogP contribution in [0.25, 0.3) is 10.2 Å². The molecule has 2 N–H and O–H groups in total. The van der Waals surface area contributed by atoms with Gasteiger partial charge in [-0.15, -0.1) is 0 Å². The molecule has 0 radical (unpaired) electrons. The summed E-state index contributed by atoms with van der Waals surface area (Å²) < 4.78 is 5.95. The molecule has 3 rings (SSSR count). The van der Waals surface area contributed by atoms with Crippen molar-refractivity contribution in [2.75, 3.05) is 12.4 Å². The summed E-state index contributed by atoms with van der Waals surface area (Å²) >= 11 is 1.40. The zero-order chi connectivity index (χ0) is 14.8. The van der Waals surface area contributed by atoms with Gasteiger partial charge in [0.2, 0.25) is 0 Å². The van der Waals surface area contributed by atoms with Crippen LogP contribution in [0, 0.1) is 0 Å². The molecule has 106 valence electrons. The number of carbonyl (C=O) groups excluding carboxylic acids is 1. The molecule has 0 saturated heterocycles. The van der Waals surface area contributed by atoms with E-state index in [-0.39, 0.29) is 11.7 Å². The zero-order valence-electron chi connectivity index (χ0n) is 11.2.